The second-order valence-corrected chi connectivity index (χ2v) is 5.90. The van der Waals surface area contributed by atoms with Crippen LogP contribution < -0.4 is 10.2 Å². The molecular formula is C18H19N5. The number of fused-ring (bicyclic) bond motifs is 1. The number of hydrogen-bond donors (Lipinski definition) is 1. The second kappa shape index (κ2) is 5.93. The summed E-state index contributed by atoms with van der Waals surface area (Å²) in [5.74, 6) is 0.952. The van der Waals surface area contributed by atoms with Gasteiger partial charge < -0.3 is 10.2 Å². The molecular weight excluding hydrogens is 286 g/mol. The van der Waals surface area contributed by atoms with Gasteiger partial charge in [0, 0.05) is 49.0 Å². The van der Waals surface area contributed by atoms with Gasteiger partial charge in [0.2, 0.25) is 0 Å². The van der Waals surface area contributed by atoms with Gasteiger partial charge in [0.1, 0.15) is 0 Å². The van der Waals surface area contributed by atoms with Crippen molar-refractivity contribution in [2.24, 2.45) is 0 Å². The average Bonchev–Trinajstić information content (AvgIpc) is 2.62. The van der Waals surface area contributed by atoms with Gasteiger partial charge in [-0.25, -0.2) is 0 Å². The third-order valence-corrected chi connectivity index (χ3v) is 4.25. The second-order valence-electron chi connectivity index (χ2n) is 5.90. The molecule has 1 N–H and O–H groups in total. The first kappa shape index (κ1) is 14.1. The summed E-state index contributed by atoms with van der Waals surface area (Å²) in [6.07, 6.45) is 1.91. The van der Waals surface area contributed by atoms with E-state index in [-0.39, 0.29) is 0 Å². The first-order valence-corrected chi connectivity index (χ1v) is 7.96. The maximum Gasteiger partial charge on any atom is 0.151 e. The van der Waals surface area contributed by atoms with E-state index in [1.165, 1.54) is 5.39 Å². The van der Waals surface area contributed by atoms with Crippen LogP contribution in [0.1, 0.15) is 5.69 Å². The Balaban J connectivity index is 1.63. The van der Waals surface area contributed by atoms with Gasteiger partial charge in [-0.15, -0.1) is 10.2 Å². The maximum atomic E-state index is 4.42. The fourth-order valence-electron chi connectivity index (χ4n) is 2.95. The van der Waals surface area contributed by atoms with Gasteiger partial charge in [0.25, 0.3) is 0 Å². The van der Waals surface area contributed by atoms with E-state index in [0.29, 0.717) is 0 Å². The molecule has 0 unspecified atom stereocenters. The lowest BCUT2D eigenvalue weighted by Crippen LogP contribution is -2.43. The van der Waals surface area contributed by atoms with Crippen molar-refractivity contribution in [2.75, 3.05) is 31.1 Å². The molecule has 3 aromatic rings. The molecule has 0 aliphatic carbocycles. The molecule has 0 bridgehead atoms. The van der Waals surface area contributed by atoms with Gasteiger partial charge in [-0.05, 0) is 36.6 Å². The molecule has 5 nitrogen and oxygen atoms in total. The number of nitrogens with zero attached hydrogens (tertiary/aromatic N) is 4. The summed E-state index contributed by atoms with van der Waals surface area (Å²) in [7, 11) is 0. The number of aryl methyl sites for hydroxylation is 1. The molecule has 2 aromatic heterocycles. The Morgan fingerprint density at radius 1 is 0.957 bits per heavy atom. The molecule has 1 saturated heterocycles. The average molecular weight is 305 g/mol. The fourth-order valence-corrected chi connectivity index (χ4v) is 2.95. The van der Waals surface area contributed by atoms with Crippen LogP contribution in [-0.2, 0) is 0 Å². The summed E-state index contributed by atoms with van der Waals surface area (Å²) in [6, 6.07) is 12.5. The molecule has 0 atom stereocenters. The Bertz CT molecular complexity index is 822. The fraction of sp³-hybridized carbons (Fsp3) is 0.278. The number of nitrogens with one attached hydrogen (secondary N) is 1. The zero-order chi connectivity index (χ0) is 15.6. The Morgan fingerprint density at radius 3 is 2.61 bits per heavy atom. The normalized spacial score (nSPS) is 15.1. The van der Waals surface area contributed by atoms with Crippen LogP contribution in [0.4, 0.5) is 5.82 Å². The number of benzene rings is 1. The zero-order valence-corrected chi connectivity index (χ0v) is 13.2. The molecule has 1 aliphatic rings. The van der Waals surface area contributed by atoms with Crippen molar-refractivity contribution in [1.29, 1.82) is 0 Å². The molecule has 0 amide bonds. The van der Waals surface area contributed by atoms with E-state index in [2.05, 4.69) is 55.7 Å². The van der Waals surface area contributed by atoms with Crippen molar-refractivity contribution in [3.8, 4) is 11.3 Å². The number of aromatic nitrogens is 3. The molecule has 0 spiro atoms. The van der Waals surface area contributed by atoms with Crippen molar-refractivity contribution in [1.82, 2.24) is 20.5 Å². The third kappa shape index (κ3) is 2.87. The number of piperazine rings is 1. The van der Waals surface area contributed by atoms with Crippen LogP contribution in [-0.4, -0.2) is 41.4 Å². The first-order chi connectivity index (χ1) is 11.3. The molecule has 5 heteroatoms. The topological polar surface area (TPSA) is 53.9 Å². The predicted molar refractivity (Wildman–Crippen MR) is 92.6 cm³/mol. The summed E-state index contributed by atoms with van der Waals surface area (Å²) < 4.78 is 0. The van der Waals surface area contributed by atoms with Crippen LogP contribution in [0.5, 0.6) is 0 Å². The van der Waals surface area contributed by atoms with Crippen LogP contribution in [0.2, 0.25) is 0 Å². The molecule has 116 valence electrons. The van der Waals surface area contributed by atoms with Crippen LogP contribution in [0.15, 0.2) is 42.6 Å². The molecule has 0 radical (unpaired) electrons. The van der Waals surface area contributed by atoms with Crippen LogP contribution in [0.3, 0.4) is 0 Å². The molecule has 4 rings (SSSR count). The van der Waals surface area contributed by atoms with Crippen molar-refractivity contribution in [3.63, 3.8) is 0 Å². The minimum Gasteiger partial charge on any atom is -0.353 e. The molecule has 1 fully saturated rings. The summed E-state index contributed by atoms with van der Waals surface area (Å²) in [5, 5.41) is 14.5. The number of pyridine rings is 1. The van der Waals surface area contributed by atoms with E-state index >= 15 is 0 Å². The van der Waals surface area contributed by atoms with Gasteiger partial charge in [0.05, 0.1) is 5.69 Å². The minimum absolute atomic E-state index is 0.895. The summed E-state index contributed by atoms with van der Waals surface area (Å²) in [4.78, 5) is 6.63. The molecule has 3 heterocycles. The Hall–Kier alpha value is -2.53. The minimum atomic E-state index is 0.895. The van der Waals surface area contributed by atoms with Gasteiger partial charge in [-0.3, -0.25) is 4.98 Å². The van der Waals surface area contributed by atoms with E-state index in [9.17, 15) is 0 Å². The lowest BCUT2D eigenvalue weighted by molar-refractivity contribution is 0.583. The van der Waals surface area contributed by atoms with Gasteiger partial charge >= 0.3 is 0 Å². The van der Waals surface area contributed by atoms with E-state index in [0.717, 1.165) is 54.3 Å². The van der Waals surface area contributed by atoms with Crippen molar-refractivity contribution in [2.45, 2.75) is 6.92 Å². The lowest BCUT2D eigenvalue weighted by atomic mass is 10.1. The Morgan fingerprint density at radius 2 is 1.83 bits per heavy atom. The van der Waals surface area contributed by atoms with Crippen LogP contribution in [0, 0.1) is 6.92 Å². The standard InChI is InChI=1S/C18H19N5/c1-13-10-14-2-3-15(11-16(14)12-20-13)17-4-5-18(22-21-17)23-8-6-19-7-9-23/h2-5,10-12,19H,6-9H2,1H3. The highest BCUT2D eigenvalue weighted by atomic mass is 15.3. The van der Waals surface area contributed by atoms with Crippen LogP contribution in [0.25, 0.3) is 22.0 Å². The van der Waals surface area contributed by atoms with Gasteiger partial charge in [0.15, 0.2) is 5.82 Å². The molecule has 23 heavy (non-hydrogen) atoms. The third-order valence-electron chi connectivity index (χ3n) is 4.25. The zero-order valence-electron chi connectivity index (χ0n) is 13.2. The quantitative estimate of drug-likeness (QED) is 0.788. The smallest absolute Gasteiger partial charge is 0.151 e. The van der Waals surface area contributed by atoms with E-state index < -0.39 is 0 Å². The van der Waals surface area contributed by atoms with Gasteiger partial charge in [-0.1, -0.05) is 12.1 Å². The van der Waals surface area contributed by atoms with Crippen LogP contribution >= 0.6 is 0 Å². The highest BCUT2D eigenvalue weighted by Gasteiger charge is 2.12. The van der Waals surface area contributed by atoms with E-state index in [1.807, 2.05) is 19.2 Å². The van der Waals surface area contributed by atoms with Crippen molar-refractivity contribution in [3.05, 3.63) is 48.3 Å². The molecule has 0 saturated carbocycles. The Labute approximate surface area is 135 Å². The number of anilines is 1. The van der Waals surface area contributed by atoms with E-state index in [4.69, 9.17) is 0 Å². The number of hydrogen-bond acceptors (Lipinski definition) is 5. The number of rotatable bonds is 2. The summed E-state index contributed by atoms with van der Waals surface area (Å²) >= 11 is 0. The molecule has 1 aliphatic heterocycles. The van der Waals surface area contributed by atoms with E-state index in [1.54, 1.807) is 0 Å². The lowest BCUT2D eigenvalue weighted by Gasteiger charge is -2.27. The summed E-state index contributed by atoms with van der Waals surface area (Å²) in [6.45, 7) is 5.97. The van der Waals surface area contributed by atoms with Gasteiger partial charge in [-0.2, -0.15) is 0 Å². The van der Waals surface area contributed by atoms with Crippen molar-refractivity contribution < 1.29 is 0 Å². The van der Waals surface area contributed by atoms with Crippen molar-refractivity contribution >= 4 is 16.6 Å². The maximum absolute atomic E-state index is 4.42. The largest absolute Gasteiger partial charge is 0.353 e. The first-order valence-electron chi connectivity index (χ1n) is 7.96. The predicted octanol–water partition coefficient (Wildman–Crippen LogP) is 2.41. The molecule has 1 aromatic carbocycles. The Kier molecular flexibility index (Phi) is 3.63. The highest BCUT2D eigenvalue weighted by molar-refractivity contribution is 5.86. The summed E-state index contributed by atoms with van der Waals surface area (Å²) in [5.41, 5.74) is 3.00. The highest BCUT2D eigenvalue weighted by Crippen LogP contribution is 2.23. The SMILES string of the molecule is Cc1cc2ccc(-c3ccc(N4CCNCC4)nn3)cc2cn1. The monoisotopic (exact) mass is 305 g/mol.